The van der Waals surface area contributed by atoms with Crippen LogP contribution in [-0.4, -0.2) is 11.0 Å². The second-order valence-electron chi connectivity index (χ2n) is 5.28. The standard InChI is InChI=1S/C16H15BrN2O2/c17-15-8-7-14(10-16(15)19(20)21)18-13-6-5-11-3-1-2-4-12(11)9-13/h1-4,7-8,10,13,18H,5-6,9H2. The highest BCUT2D eigenvalue weighted by Crippen LogP contribution is 2.29. The second-order valence-corrected chi connectivity index (χ2v) is 6.13. The van der Waals surface area contributed by atoms with Crippen LogP contribution in [0.3, 0.4) is 0 Å². The lowest BCUT2D eigenvalue weighted by atomic mass is 9.88. The first-order valence-electron chi connectivity index (χ1n) is 6.91. The van der Waals surface area contributed by atoms with Gasteiger partial charge in [-0.3, -0.25) is 10.1 Å². The SMILES string of the molecule is O=[N+]([O-])c1cc(NC2CCc3ccccc3C2)ccc1Br. The van der Waals surface area contributed by atoms with Crippen LogP contribution in [0.1, 0.15) is 17.5 Å². The molecule has 0 saturated heterocycles. The highest BCUT2D eigenvalue weighted by atomic mass is 79.9. The third-order valence-corrected chi connectivity index (χ3v) is 4.53. The number of nitro benzene ring substituents is 1. The van der Waals surface area contributed by atoms with E-state index < -0.39 is 0 Å². The van der Waals surface area contributed by atoms with E-state index in [0.29, 0.717) is 10.5 Å². The van der Waals surface area contributed by atoms with E-state index in [1.165, 1.54) is 11.1 Å². The molecule has 4 nitrogen and oxygen atoms in total. The van der Waals surface area contributed by atoms with Crippen LogP contribution in [0, 0.1) is 10.1 Å². The molecule has 0 aliphatic heterocycles. The number of aryl methyl sites for hydroxylation is 1. The molecule has 108 valence electrons. The van der Waals surface area contributed by atoms with Gasteiger partial charge < -0.3 is 5.32 Å². The zero-order valence-electron chi connectivity index (χ0n) is 11.4. The average Bonchev–Trinajstić information content (AvgIpc) is 2.49. The quantitative estimate of drug-likeness (QED) is 0.664. The lowest BCUT2D eigenvalue weighted by Crippen LogP contribution is -2.27. The van der Waals surface area contributed by atoms with Crippen LogP contribution in [0.5, 0.6) is 0 Å². The minimum Gasteiger partial charge on any atom is -0.382 e. The fraction of sp³-hybridized carbons (Fsp3) is 0.250. The van der Waals surface area contributed by atoms with Crippen LogP contribution < -0.4 is 5.32 Å². The molecule has 5 heteroatoms. The van der Waals surface area contributed by atoms with E-state index in [-0.39, 0.29) is 10.6 Å². The van der Waals surface area contributed by atoms with Crippen molar-refractivity contribution >= 4 is 27.3 Å². The summed E-state index contributed by atoms with van der Waals surface area (Å²) in [5.41, 5.74) is 3.68. The molecule has 1 aliphatic carbocycles. The number of nitrogens with zero attached hydrogens (tertiary/aromatic N) is 1. The van der Waals surface area contributed by atoms with Crippen molar-refractivity contribution in [2.75, 3.05) is 5.32 Å². The minimum absolute atomic E-state index is 0.0937. The summed E-state index contributed by atoms with van der Waals surface area (Å²) in [6.45, 7) is 0. The molecule has 21 heavy (non-hydrogen) atoms. The molecule has 1 unspecified atom stereocenters. The third-order valence-electron chi connectivity index (χ3n) is 3.86. The molecule has 1 aliphatic rings. The Labute approximate surface area is 131 Å². The van der Waals surface area contributed by atoms with Gasteiger partial charge >= 0.3 is 0 Å². The van der Waals surface area contributed by atoms with Gasteiger partial charge in [-0.2, -0.15) is 0 Å². The molecule has 0 bridgehead atoms. The van der Waals surface area contributed by atoms with Crippen molar-refractivity contribution in [2.45, 2.75) is 25.3 Å². The summed E-state index contributed by atoms with van der Waals surface area (Å²) in [6.07, 6.45) is 3.05. The number of fused-ring (bicyclic) bond motifs is 1. The predicted octanol–water partition coefficient (Wildman–Crippen LogP) is 4.33. The molecule has 2 aromatic carbocycles. The van der Waals surface area contributed by atoms with Crippen LogP contribution in [0.15, 0.2) is 46.9 Å². The van der Waals surface area contributed by atoms with E-state index in [2.05, 4.69) is 45.5 Å². The van der Waals surface area contributed by atoms with Crippen molar-refractivity contribution in [3.05, 3.63) is 68.2 Å². The van der Waals surface area contributed by atoms with E-state index in [9.17, 15) is 10.1 Å². The average molecular weight is 347 g/mol. The maximum Gasteiger partial charge on any atom is 0.285 e. The highest BCUT2D eigenvalue weighted by molar-refractivity contribution is 9.10. The third kappa shape index (κ3) is 3.08. The van der Waals surface area contributed by atoms with Crippen LogP contribution in [0.2, 0.25) is 0 Å². The van der Waals surface area contributed by atoms with Crippen molar-refractivity contribution < 1.29 is 4.92 Å². The molecule has 0 heterocycles. The van der Waals surface area contributed by atoms with E-state index in [1.54, 1.807) is 12.1 Å². The van der Waals surface area contributed by atoms with Crippen molar-refractivity contribution in [3.63, 3.8) is 0 Å². The topological polar surface area (TPSA) is 55.2 Å². The van der Waals surface area contributed by atoms with Gasteiger partial charge in [0.05, 0.1) is 9.40 Å². The van der Waals surface area contributed by atoms with E-state index >= 15 is 0 Å². The van der Waals surface area contributed by atoms with Crippen LogP contribution in [0.25, 0.3) is 0 Å². The molecule has 1 atom stereocenters. The Balaban J connectivity index is 1.76. The lowest BCUT2D eigenvalue weighted by molar-refractivity contribution is -0.385. The van der Waals surface area contributed by atoms with E-state index in [1.807, 2.05) is 6.07 Å². The lowest BCUT2D eigenvalue weighted by Gasteiger charge is -2.26. The number of nitrogens with one attached hydrogen (secondary N) is 1. The van der Waals surface area contributed by atoms with Crippen molar-refractivity contribution in [2.24, 2.45) is 0 Å². The molecule has 0 saturated carbocycles. The fourth-order valence-electron chi connectivity index (χ4n) is 2.80. The minimum atomic E-state index is -0.370. The molecule has 0 amide bonds. The van der Waals surface area contributed by atoms with E-state index in [0.717, 1.165) is 24.9 Å². The second kappa shape index (κ2) is 5.85. The monoisotopic (exact) mass is 346 g/mol. The smallest absolute Gasteiger partial charge is 0.285 e. The summed E-state index contributed by atoms with van der Waals surface area (Å²) in [7, 11) is 0. The summed E-state index contributed by atoms with van der Waals surface area (Å²) in [6, 6.07) is 14.0. The van der Waals surface area contributed by atoms with Gasteiger partial charge in [0.25, 0.3) is 5.69 Å². The summed E-state index contributed by atoms with van der Waals surface area (Å²) < 4.78 is 0.507. The van der Waals surface area contributed by atoms with Crippen molar-refractivity contribution in [1.29, 1.82) is 0 Å². The Morgan fingerprint density at radius 2 is 1.95 bits per heavy atom. The Morgan fingerprint density at radius 3 is 2.71 bits per heavy atom. The number of hydrogen-bond acceptors (Lipinski definition) is 3. The van der Waals surface area contributed by atoms with Crippen LogP contribution >= 0.6 is 15.9 Å². The summed E-state index contributed by atoms with van der Waals surface area (Å²) >= 11 is 3.21. The Kier molecular flexibility index (Phi) is 3.92. The van der Waals surface area contributed by atoms with Crippen molar-refractivity contribution in [1.82, 2.24) is 0 Å². The first-order chi connectivity index (χ1) is 10.1. The van der Waals surface area contributed by atoms with Gasteiger partial charge in [0, 0.05) is 17.8 Å². The molecule has 0 aromatic heterocycles. The van der Waals surface area contributed by atoms with Gasteiger partial charge in [0.15, 0.2) is 0 Å². The van der Waals surface area contributed by atoms with Gasteiger partial charge in [0.2, 0.25) is 0 Å². The maximum absolute atomic E-state index is 11.0. The summed E-state index contributed by atoms with van der Waals surface area (Å²) in [5.74, 6) is 0. The highest BCUT2D eigenvalue weighted by Gasteiger charge is 2.19. The van der Waals surface area contributed by atoms with Crippen LogP contribution in [-0.2, 0) is 12.8 Å². The molecule has 2 aromatic rings. The van der Waals surface area contributed by atoms with Gasteiger partial charge in [0.1, 0.15) is 0 Å². The van der Waals surface area contributed by atoms with Gasteiger partial charge in [-0.1, -0.05) is 24.3 Å². The largest absolute Gasteiger partial charge is 0.382 e. The molecule has 3 rings (SSSR count). The number of nitro groups is 1. The number of rotatable bonds is 3. The van der Waals surface area contributed by atoms with Gasteiger partial charge in [-0.25, -0.2) is 0 Å². The maximum atomic E-state index is 11.0. The number of benzene rings is 2. The molecule has 0 spiro atoms. The molecular weight excluding hydrogens is 332 g/mol. The molecule has 1 N–H and O–H groups in total. The van der Waals surface area contributed by atoms with E-state index in [4.69, 9.17) is 0 Å². The zero-order chi connectivity index (χ0) is 14.8. The van der Waals surface area contributed by atoms with Gasteiger partial charge in [-0.15, -0.1) is 0 Å². The van der Waals surface area contributed by atoms with Crippen LogP contribution in [0.4, 0.5) is 11.4 Å². The first-order valence-corrected chi connectivity index (χ1v) is 7.70. The Morgan fingerprint density at radius 1 is 1.19 bits per heavy atom. The van der Waals surface area contributed by atoms with Crippen molar-refractivity contribution in [3.8, 4) is 0 Å². The molecule has 0 radical (unpaired) electrons. The molecule has 0 fully saturated rings. The van der Waals surface area contributed by atoms with Gasteiger partial charge in [-0.05, 0) is 58.5 Å². The fourth-order valence-corrected chi connectivity index (χ4v) is 3.19. The number of hydrogen-bond donors (Lipinski definition) is 1. The number of halogens is 1. The normalized spacial score (nSPS) is 17.1. The first kappa shape index (κ1) is 14.1. The summed E-state index contributed by atoms with van der Waals surface area (Å²) in [5, 5.41) is 14.4. The predicted molar refractivity (Wildman–Crippen MR) is 86.7 cm³/mol. The zero-order valence-corrected chi connectivity index (χ0v) is 13.0. The Bertz CT molecular complexity index is 688. The summed E-state index contributed by atoms with van der Waals surface area (Å²) in [4.78, 5) is 10.6. The Hall–Kier alpha value is -1.88. The number of anilines is 1. The molecular formula is C16H15BrN2O2.